The predicted molar refractivity (Wildman–Crippen MR) is 92.1 cm³/mol. The molecule has 2 rings (SSSR count). The van der Waals surface area contributed by atoms with Crippen molar-refractivity contribution in [3.05, 3.63) is 71.4 Å². The number of nitrogens with zero attached hydrogens (tertiary/aromatic N) is 1. The third-order valence-electron chi connectivity index (χ3n) is 3.52. The quantitative estimate of drug-likeness (QED) is 0.642. The number of aromatic nitrogens is 1. The molecule has 0 saturated heterocycles. The summed E-state index contributed by atoms with van der Waals surface area (Å²) >= 11 is 0. The van der Waals surface area contributed by atoms with Gasteiger partial charge in [-0.1, -0.05) is 61.0 Å². The second-order valence-corrected chi connectivity index (χ2v) is 5.41. The minimum absolute atomic E-state index is 1.04. The van der Waals surface area contributed by atoms with Crippen LogP contribution in [0, 0.1) is 6.92 Å². The second kappa shape index (κ2) is 7.03. The number of hydrogen-bond acceptors (Lipinski definition) is 1. The van der Waals surface area contributed by atoms with Crippen LogP contribution in [0.25, 0.3) is 16.8 Å². The van der Waals surface area contributed by atoms with Crippen molar-refractivity contribution >= 4 is 5.57 Å². The van der Waals surface area contributed by atoms with E-state index in [1.807, 2.05) is 6.07 Å². The molecule has 1 heteroatoms. The van der Waals surface area contributed by atoms with E-state index in [-0.39, 0.29) is 0 Å². The average molecular weight is 277 g/mol. The van der Waals surface area contributed by atoms with Crippen molar-refractivity contribution in [3.8, 4) is 11.3 Å². The van der Waals surface area contributed by atoms with Gasteiger partial charge in [0.25, 0.3) is 0 Å². The van der Waals surface area contributed by atoms with Crippen molar-refractivity contribution in [3.63, 3.8) is 0 Å². The zero-order valence-electron chi connectivity index (χ0n) is 13.4. The normalized spacial score (nSPS) is 12.6. The minimum atomic E-state index is 1.04. The monoisotopic (exact) mass is 277 g/mol. The van der Waals surface area contributed by atoms with Gasteiger partial charge in [-0.15, -0.1) is 0 Å². The van der Waals surface area contributed by atoms with Gasteiger partial charge in [0, 0.05) is 5.56 Å². The number of rotatable bonds is 4. The largest absolute Gasteiger partial charge is 0.248 e. The summed E-state index contributed by atoms with van der Waals surface area (Å²) in [7, 11) is 0. The maximum absolute atomic E-state index is 4.86. The van der Waals surface area contributed by atoms with Gasteiger partial charge in [-0.3, -0.25) is 0 Å². The number of allylic oxidation sites excluding steroid dienone is 4. The Balaban J connectivity index is 2.42. The van der Waals surface area contributed by atoms with Crippen LogP contribution >= 0.6 is 0 Å². The van der Waals surface area contributed by atoms with E-state index in [0.29, 0.717) is 0 Å². The van der Waals surface area contributed by atoms with E-state index in [9.17, 15) is 0 Å². The summed E-state index contributed by atoms with van der Waals surface area (Å²) in [6.45, 7) is 8.53. The van der Waals surface area contributed by atoms with Gasteiger partial charge in [0.05, 0.1) is 11.4 Å². The van der Waals surface area contributed by atoms with E-state index < -0.39 is 0 Å². The Hall–Kier alpha value is -2.15. The van der Waals surface area contributed by atoms with Crippen LogP contribution in [-0.2, 0) is 0 Å². The molecular formula is C20H23N. The number of aryl methyl sites for hydroxylation is 1. The molecule has 0 aliphatic rings. The van der Waals surface area contributed by atoms with Crippen molar-refractivity contribution in [1.29, 1.82) is 0 Å². The first kappa shape index (κ1) is 15.2. The van der Waals surface area contributed by atoms with Gasteiger partial charge in [-0.05, 0) is 44.4 Å². The lowest BCUT2D eigenvalue weighted by atomic mass is 10.0. The molecule has 0 N–H and O–H groups in total. The summed E-state index contributed by atoms with van der Waals surface area (Å²) in [4.78, 5) is 4.86. The Kier molecular flexibility index (Phi) is 5.10. The smallest absolute Gasteiger partial charge is 0.0738 e. The van der Waals surface area contributed by atoms with Gasteiger partial charge in [-0.2, -0.15) is 0 Å². The van der Waals surface area contributed by atoms with Crippen LogP contribution in [0.5, 0.6) is 0 Å². The van der Waals surface area contributed by atoms with Crippen LogP contribution in [0.15, 0.2) is 60.2 Å². The maximum atomic E-state index is 4.86. The molecule has 0 bridgehead atoms. The Labute approximate surface area is 128 Å². The SMILES string of the molecule is CC/C=C(C)\C=C(/C)c1ccc(C)c(-c2ccccc2)n1. The zero-order valence-corrected chi connectivity index (χ0v) is 13.4. The van der Waals surface area contributed by atoms with Gasteiger partial charge in [0.1, 0.15) is 0 Å². The molecule has 2 aromatic rings. The fourth-order valence-electron chi connectivity index (χ4n) is 2.43. The molecule has 0 amide bonds. The lowest BCUT2D eigenvalue weighted by Crippen LogP contribution is -1.93. The number of pyridine rings is 1. The van der Waals surface area contributed by atoms with Gasteiger partial charge >= 0.3 is 0 Å². The molecule has 0 unspecified atom stereocenters. The fraction of sp³-hybridized carbons (Fsp3) is 0.250. The van der Waals surface area contributed by atoms with Crippen molar-refractivity contribution < 1.29 is 0 Å². The summed E-state index contributed by atoms with van der Waals surface area (Å²) in [6.07, 6.45) is 5.50. The summed E-state index contributed by atoms with van der Waals surface area (Å²) in [5, 5.41) is 0. The average Bonchev–Trinajstić information content (AvgIpc) is 2.48. The molecule has 0 radical (unpaired) electrons. The predicted octanol–water partition coefficient (Wildman–Crippen LogP) is 5.82. The Morgan fingerprint density at radius 1 is 1.05 bits per heavy atom. The first-order valence-corrected chi connectivity index (χ1v) is 7.50. The van der Waals surface area contributed by atoms with E-state index in [2.05, 4.69) is 76.2 Å². The highest BCUT2D eigenvalue weighted by Crippen LogP contribution is 2.24. The molecule has 1 aromatic carbocycles. The fourth-order valence-corrected chi connectivity index (χ4v) is 2.43. The lowest BCUT2D eigenvalue weighted by molar-refractivity contribution is 1.19. The first-order valence-electron chi connectivity index (χ1n) is 7.50. The highest BCUT2D eigenvalue weighted by Gasteiger charge is 2.06. The molecule has 0 fully saturated rings. The minimum Gasteiger partial charge on any atom is -0.248 e. The zero-order chi connectivity index (χ0) is 15.2. The Morgan fingerprint density at radius 3 is 2.43 bits per heavy atom. The molecule has 0 atom stereocenters. The third kappa shape index (κ3) is 3.91. The highest BCUT2D eigenvalue weighted by atomic mass is 14.7. The molecule has 1 nitrogen and oxygen atoms in total. The molecular weight excluding hydrogens is 254 g/mol. The van der Waals surface area contributed by atoms with E-state index >= 15 is 0 Å². The van der Waals surface area contributed by atoms with E-state index in [1.54, 1.807) is 0 Å². The van der Waals surface area contributed by atoms with Crippen LogP contribution in [-0.4, -0.2) is 4.98 Å². The third-order valence-corrected chi connectivity index (χ3v) is 3.52. The van der Waals surface area contributed by atoms with Crippen LogP contribution in [0.2, 0.25) is 0 Å². The van der Waals surface area contributed by atoms with Crippen molar-refractivity contribution in [2.45, 2.75) is 34.1 Å². The second-order valence-electron chi connectivity index (χ2n) is 5.41. The molecule has 1 heterocycles. The molecule has 0 spiro atoms. The molecule has 21 heavy (non-hydrogen) atoms. The van der Waals surface area contributed by atoms with Gasteiger partial charge in [-0.25, -0.2) is 4.98 Å². The first-order chi connectivity index (χ1) is 10.1. The molecule has 1 aromatic heterocycles. The maximum Gasteiger partial charge on any atom is 0.0738 e. The molecule has 0 saturated carbocycles. The summed E-state index contributed by atoms with van der Waals surface area (Å²) in [6, 6.07) is 14.6. The van der Waals surface area contributed by atoms with E-state index in [0.717, 1.165) is 17.8 Å². The number of hydrogen-bond donors (Lipinski definition) is 0. The van der Waals surface area contributed by atoms with Crippen LogP contribution in [0.1, 0.15) is 38.4 Å². The highest BCUT2D eigenvalue weighted by molar-refractivity contribution is 5.69. The van der Waals surface area contributed by atoms with Gasteiger partial charge in [0.15, 0.2) is 0 Å². The molecule has 0 aliphatic carbocycles. The Bertz CT molecular complexity index is 663. The summed E-state index contributed by atoms with van der Waals surface area (Å²) in [5.74, 6) is 0. The van der Waals surface area contributed by atoms with Crippen molar-refractivity contribution in [2.24, 2.45) is 0 Å². The molecule has 108 valence electrons. The molecule has 0 aliphatic heterocycles. The summed E-state index contributed by atoms with van der Waals surface area (Å²) < 4.78 is 0. The van der Waals surface area contributed by atoms with Crippen LogP contribution in [0.3, 0.4) is 0 Å². The standard InChI is InChI=1S/C20H23N/c1-5-9-15(2)14-17(4)19-13-12-16(3)20(21-19)18-10-7-6-8-11-18/h6-14H,5H2,1-4H3/b15-9-,17-14+. The van der Waals surface area contributed by atoms with Crippen LogP contribution in [0.4, 0.5) is 0 Å². The number of benzene rings is 1. The Morgan fingerprint density at radius 2 is 1.76 bits per heavy atom. The van der Waals surface area contributed by atoms with Crippen molar-refractivity contribution in [2.75, 3.05) is 0 Å². The van der Waals surface area contributed by atoms with Gasteiger partial charge in [0.2, 0.25) is 0 Å². The van der Waals surface area contributed by atoms with Crippen molar-refractivity contribution in [1.82, 2.24) is 4.98 Å². The van der Waals surface area contributed by atoms with E-state index in [1.165, 1.54) is 22.3 Å². The van der Waals surface area contributed by atoms with Crippen LogP contribution < -0.4 is 0 Å². The van der Waals surface area contributed by atoms with Gasteiger partial charge < -0.3 is 0 Å². The van der Waals surface area contributed by atoms with E-state index in [4.69, 9.17) is 4.98 Å². The summed E-state index contributed by atoms with van der Waals surface area (Å²) in [5.41, 5.74) is 6.98. The topological polar surface area (TPSA) is 12.9 Å². The lowest BCUT2D eigenvalue weighted by Gasteiger charge is -2.09.